The lowest BCUT2D eigenvalue weighted by Gasteiger charge is -2.10. The number of carbonyl (C=O) groups is 1. The van der Waals surface area contributed by atoms with E-state index in [-0.39, 0.29) is 12.3 Å². The molecular weight excluding hydrogens is 372 g/mol. The van der Waals surface area contributed by atoms with Crippen LogP contribution in [0.4, 0.5) is 0 Å². The van der Waals surface area contributed by atoms with Gasteiger partial charge in [0.1, 0.15) is 5.75 Å². The van der Waals surface area contributed by atoms with Gasteiger partial charge in [-0.05, 0) is 42.0 Å². The van der Waals surface area contributed by atoms with Crippen molar-refractivity contribution in [3.8, 4) is 28.6 Å². The van der Waals surface area contributed by atoms with Gasteiger partial charge in [-0.25, -0.2) is 4.98 Å². The fraction of sp³-hybridized carbons (Fsp3) is 0.273. The van der Waals surface area contributed by atoms with E-state index in [2.05, 4.69) is 10.3 Å². The van der Waals surface area contributed by atoms with Crippen molar-refractivity contribution in [2.24, 2.45) is 0 Å². The molecule has 0 saturated carbocycles. The largest absolute Gasteiger partial charge is 0.497 e. The monoisotopic (exact) mass is 396 g/mol. The second kappa shape index (κ2) is 9.64. The number of aryl methyl sites for hydroxylation is 1. The summed E-state index contributed by atoms with van der Waals surface area (Å²) in [5.74, 6) is 3.17. The molecule has 1 heterocycles. The molecule has 0 unspecified atom stereocenters. The van der Waals surface area contributed by atoms with Crippen molar-refractivity contribution in [3.63, 3.8) is 0 Å². The smallest absolute Gasteiger partial charge is 0.220 e. The Kier molecular flexibility index (Phi) is 6.73. The Bertz CT molecular complexity index is 950. The van der Waals surface area contributed by atoms with Gasteiger partial charge in [-0.15, -0.1) is 0 Å². The molecule has 1 amide bonds. The number of benzene rings is 2. The van der Waals surface area contributed by atoms with E-state index in [4.69, 9.17) is 18.6 Å². The van der Waals surface area contributed by atoms with E-state index < -0.39 is 0 Å². The van der Waals surface area contributed by atoms with Gasteiger partial charge in [0, 0.05) is 24.9 Å². The fourth-order valence-electron chi connectivity index (χ4n) is 2.81. The third kappa shape index (κ3) is 5.28. The molecule has 7 nitrogen and oxygen atoms in total. The maximum absolute atomic E-state index is 12.2. The molecule has 0 fully saturated rings. The maximum Gasteiger partial charge on any atom is 0.220 e. The molecule has 3 aromatic rings. The minimum atomic E-state index is -0.0796. The lowest BCUT2D eigenvalue weighted by molar-refractivity contribution is -0.121. The highest BCUT2D eigenvalue weighted by molar-refractivity contribution is 5.76. The first kappa shape index (κ1) is 20.3. The number of hydrogen-bond acceptors (Lipinski definition) is 6. The highest BCUT2D eigenvalue weighted by Gasteiger charge is 2.10. The van der Waals surface area contributed by atoms with Gasteiger partial charge in [-0.3, -0.25) is 4.79 Å². The number of hydrogen-bond donors (Lipinski definition) is 1. The Hall–Kier alpha value is -3.48. The SMILES string of the molecule is COc1ccc(-c2cnc(CCC(=O)NCc3ccc(OC)c(OC)c3)o2)cc1. The van der Waals surface area contributed by atoms with Gasteiger partial charge in [-0.2, -0.15) is 0 Å². The van der Waals surface area contributed by atoms with E-state index >= 15 is 0 Å². The predicted molar refractivity (Wildman–Crippen MR) is 108 cm³/mol. The van der Waals surface area contributed by atoms with Crippen LogP contribution < -0.4 is 19.5 Å². The molecule has 0 bridgehead atoms. The van der Waals surface area contributed by atoms with Gasteiger partial charge in [0.25, 0.3) is 0 Å². The van der Waals surface area contributed by atoms with Crippen LogP contribution in [0.25, 0.3) is 11.3 Å². The molecule has 0 aliphatic heterocycles. The topological polar surface area (TPSA) is 82.8 Å². The van der Waals surface area contributed by atoms with Crippen LogP contribution in [0.2, 0.25) is 0 Å². The Morgan fingerprint density at radius 3 is 2.45 bits per heavy atom. The van der Waals surface area contributed by atoms with E-state index in [1.165, 1.54) is 0 Å². The number of nitrogens with zero attached hydrogens (tertiary/aromatic N) is 1. The number of amides is 1. The quantitative estimate of drug-likeness (QED) is 0.595. The standard InChI is InChI=1S/C22H24N2O5/c1-26-17-7-5-16(6-8-17)20-14-24-22(29-20)11-10-21(25)23-13-15-4-9-18(27-2)19(12-15)28-3/h4-9,12,14H,10-11,13H2,1-3H3,(H,23,25). The minimum absolute atomic E-state index is 0.0796. The molecule has 0 spiro atoms. The minimum Gasteiger partial charge on any atom is -0.497 e. The Morgan fingerprint density at radius 2 is 1.76 bits per heavy atom. The van der Waals surface area contributed by atoms with E-state index in [0.717, 1.165) is 16.9 Å². The Morgan fingerprint density at radius 1 is 1.00 bits per heavy atom. The number of ether oxygens (including phenoxy) is 3. The van der Waals surface area contributed by atoms with Crippen LogP contribution in [-0.2, 0) is 17.8 Å². The molecule has 0 atom stereocenters. The Balaban J connectivity index is 1.50. The first-order valence-corrected chi connectivity index (χ1v) is 9.19. The average Bonchev–Trinajstić information content (AvgIpc) is 3.25. The van der Waals surface area contributed by atoms with Crippen molar-refractivity contribution >= 4 is 5.91 Å². The summed E-state index contributed by atoms with van der Waals surface area (Å²) >= 11 is 0. The van der Waals surface area contributed by atoms with Crippen LogP contribution in [0.1, 0.15) is 17.9 Å². The van der Waals surface area contributed by atoms with Gasteiger partial charge < -0.3 is 23.9 Å². The fourth-order valence-corrected chi connectivity index (χ4v) is 2.81. The molecule has 2 aromatic carbocycles. The summed E-state index contributed by atoms with van der Waals surface area (Å²) in [5, 5.41) is 2.89. The second-order valence-electron chi connectivity index (χ2n) is 6.31. The van der Waals surface area contributed by atoms with Crippen LogP contribution in [0.3, 0.4) is 0 Å². The zero-order valence-electron chi connectivity index (χ0n) is 16.7. The van der Waals surface area contributed by atoms with Crippen molar-refractivity contribution in [2.75, 3.05) is 21.3 Å². The van der Waals surface area contributed by atoms with Crippen LogP contribution >= 0.6 is 0 Å². The zero-order chi connectivity index (χ0) is 20.6. The molecule has 0 aliphatic rings. The Labute approximate surface area is 169 Å². The summed E-state index contributed by atoms with van der Waals surface area (Å²) in [6.45, 7) is 0.405. The van der Waals surface area contributed by atoms with Crippen molar-refractivity contribution < 1.29 is 23.4 Å². The van der Waals surface area contributed by atoms with Gasteiger partial charge in [0.05, 0.1) is 27.5 Å². The molecular formula is C22H24N2O5. The van der Waals surface area contributed by atoms with E-state index in [9.17, 15) is 4.79 Å². The van der Waals surface area contributed by atoms with E-state index in [0.29, 0.717) is 36.1 Å². The van der Waals surface area contributed by atoms with Crippen molar-refractivity contribution in [3.05, 3.63) is 60.1 Å². The third-order valence-electron chi connectivity index (χ3n) is 4.43. The molecule has 7 heteroatoms. The van der Waals surface area contributed by atoms with Crippen molar-refractivity contribution in [1.82, 2.24) is 10.3 Å². The zero-order valence-corrected chi connectivity index (χ0v) is 16.7. The van der Waals surface area contributed by atoms with Crippen LogP contribution in [0.15, 0.2) is 53.1 Å². The molecule has 0 radical (unpaired) electrons. The van der Waals surface area contributed by atoms with E-state index in [1.807, 2.05) is 42.5 Å². The molecule has 0 saturated heterocycles. The predicted octanol–water partition coefficient (Wildman–Crippen LogP) is 3.62. The summed E-state index contributed by atoms with van der Waals surface area (Å²) < 4.78 is 21.4. The van der Waals surface area contributed by atoms with Crippen molar-refractivity contribution in [2.45, 2.75) is 19.4 Å². The van der Waals surface area contributed by atoms with Crippen LogP contribution in [0, 0.1) is 0 Å². The van der Waals surface area contributed by atoms with Crippen LogP contribution in [0.5, 0.6) is 17.2 Å². The maximum atomic E-state index is 12.2. The molecule has 152 valence electrons. The first-order valence-electron chi connectivity index (χ1n) is 9.19. The number of carbonyl (C=O) groups excluding carboxylic acids is 1. The van der Waals surface area contributed by atoms with Gasteiger partial charge in [-0.1, -0.05) is 6.07 Å². The summed E-state index contributed by atoms with van der Waals surface area (Å²) in [7, 11) is 4.79. The van der Waals surface area contributed by atoms with Crippen LogP contribution in [-0.4, -0.2) is 32.2 Å². The molecule has 0 aliphatic carbocycles. The van der Waals surface area contributed by atoms with Crippen molar-refractivity contribution in [1.29, 1.82) is 0 Å². The van der Waals surface area contributed by atoms with Gasteiger partial charge in [0.15, 0.2) is 23.1 Å². The summed E-state index contributed by atoms with van der Waals surface area (Å²) in [5.41, 5.74) is 1.83. The number of methoxy groups -OCH3 is 3. The van der Waals surface area contributed by atoms with E-state index in [1.54, 1.807) is 27.5 Å². The average molecular weight is 396 g/mol. The summed E-state index contributed by atoms with van der Waals surface area (Å²) in [4.78, 5) is 16.4. The number of nitrogens with one attached hydrogen (secondary N) is 1. The third-order valence-corrected chi connectivity index (χ3v) is 4.43. The van der Waals surface area contributed by atoms with Gasteiger partial charge in [0.2, 0.25) is 5.91 Å². The number of oxazole rings is 1. The molecule has 1 N–H and O–H groups in total. The first-order chi connectivity index (χ1) is 14.1. The van der Waals surface area contributed by atoms with Gasteiger partial charge >= 0.3 is 0 Å². The highest BCUT2D eigenvalue weighted by Crippen LogP contribution is 2.27. The summed E-state index contributed by atoms with van der Waals surface area (Å²) in [6, 6.07) is 13.1. The lowest BCUT2D eigenvalue weighted by atomic mass is 10.2. The molecule has 29 heavy (non-hydrogen) atoms. The molecule has 3 rings (SSSR count). The second-order valence-corrected chi connectivity index (χ2v) is 6.31. The normalized spacial score (nSPS) is 10.4. The molecule has 1 aromatic heterocycles. The lowest BCUT2D eigenvalue weighted by Crippen LogP contribution is -2.23. The number of rotatable bonds is 9. The number of aromatic nitrogens is 1. The highest BCUT2D eigenvalue weighted by atomic mass is 16.5. The summed E-state index contributed by atoms with van der Waals surface area (Å²) in [6.07, 6.45) is 2.38.